The molecule has 0 saturated carbocycles. The first-order valence-electron chi connectivity index (χ1n) is 14.8. The van der Waals surface area contributed by atoms with Crippen molar-refractivity contribution in [3.8, 4) is 0 Å². The second-order valence-electron chi connectivity index (χ2n) is 11.0. The number of aliphatic hydroxyl groups excluding tert-OH is 1. The summed E-state index contributed by atoms with van der Waals surface area (Å²) in [6, 6.07) is 22.6. The molecular weight excluding hydrogens is 610 g/mol. The Labute approximate surface area is 269 Å². The van der Waals surface area contributed by atoms with Crippen molar-refractivity contribution in [3.63, 3.8) is 0 Å². The molecule has 4 aromatic rings. The highest BCUT2D eigenvalue weighted by Gasteiger charge is 2.41. The Kier molecular flexibility index (Phi) is 9.73. The molecule has 3 aromatic carbocycles. The van der Waals surface area contributed by atoms with Gasteiger partial charge in [-0.05, 0) is 28.8 Å². The smallest absolute Gasteiger partial charge is 0.408 e. The predicted molar refractivity (Wildman–Crippen MR) is 167 cm³/mol. The van der Waals surface area contributed by atoms with Gasteiger partial charge in [0.1, 0.15) is 19.0 Å². The number of aryl methyl sites for hydroxylation is 1. The molecule has 4 atom stereocenters. The lowest BCUT2D eigenvalue weighted by atomic mass is 10.0. The number of rotatable bonds is 10. The second-order valence-corrected chi connectivity index (χ2v) is 12.0. The predicted octanol–water partition coefficient (Wildman–Crippen LogP) is 4.20. The monoisotopic (exact) mass is 643 g/mol. The van der Waals surface area contributed by atoms with E-state index in [1.54, 1.807) is 42.4 Å². The standard InChI is InChI=1S/C33H33N5O7S/c1-37-20-34-36-32(37)46-19-26-15-28(23-9-7-21(17-39)8-10-23)45-31(44-26)24-11-13-25(14-12-24)38-29(40)16-27(30(38)41)35-33(42)43-18-22-5-3-2-4-6-22/h2-14,20,26-28,31,39H,15-19H2,1H3,(H,35,42). The maximum Gasteiger partial charge on any atom is 0.408 e. The minimum atomic E-state index is -1.02. The summed E-state index contributed by atoms with van der Waals surface area (Å²) in [7, 11) is 1.88. The minimum absolute atomic E-state index is 0.0436. The number of aromatic nitrogens is 3. The van der Waals surface area contributed by atoms with Crippen LogP contribution in [-0.4, -0.2) is 55.7 Å². The van der Waals surface area contributed by atoms with Crippen LogP contribution in [0.3, 0.4) is 0 Å². The van der Waals surface area contributed by atoms with Crippen molar-refractivity contribution >= 4 is 35.4 Å². The Hall–Kier alpha value is -4.56. The zero-order valence-electron chi connectivity index (χ0n) is 25.0. The number of imide groups is 1. The number of anilines is 1. The molecule has 4 unspecified atom stereocenters. The van der Waals surface area contributed by atoms with E-state index >= 15 is 0 Å². The lowest BCUT2D eigenvalue weighted by Gasteiger charge is -2.36. The van der Waals surface area contributed by atoms with E-state index in [0.29, 0.717) is 23.4 Å². The van der Waals surface area contributed by atoms with Gasteiger partial charge in [0.25, 0.3) is 5.91 Å². The van der Waals surface area contributed by atoms with Crippen LogP contribution in [0.2, 0.25) is 0 Å². The van der Waals surface area contributed by atoms with E-state index in [-0.39, 0.29) is 31.8 Å². The first kappa shape index (κ1) is 31.4. The van der Waals surface area contributed by atoms with Crippen molar-refractivity contribution < 1.29 is 33.7 Å². The zero-order valence-corrected chi connectivity index (χ0v) is 25.8. The number of hydrogen-bond donors (Lipinski definition) is 2. The van der Waals surface area contributed by atoms with Crippen LogP contribution in [0.5, 0.6) is 0 Å². The molecule has 46 heavy (non-hydrogen) atoms. The molecule has 13 heteroatoms. The van der Waals surface area contributed by atoms with Crippen LogP contribution in [0.25, 0.3) is 0 Å². The van der Waals surface area contributed by atoms with Crippen molar-refractivity contribution in [1.29, 1.82) is 0 Å². The largest absolute Gasteiger partial charge is 0.445 e. The molecule has 2 fully saturated rings. The summed E-state index contributed by atoms with van der Waals surface area (Å²) in [5, 5.41) is 20.8. The van der Waals surface area contributed by atoms with E-state index in [1.807, 2.05) is 66.2 Å². The third kappa shape index (κ3) is 7.29. The Bertz CT molecular complexity index is 1670. The quantitative estimate of drug-likeness (QED) is 0.191. The number of thioether (sulfide) groups is 1. The van der Waals surface area contributed by atoms with Crippen LogP contribution in [0.4, 0.5) is 10.5 Å². The number of hydrogen-bond acceptors (Lipinski definition) is 10. The van der Waals surface area contributed by atoms with Gasteiger partial charge in [-0.3, -0.25) is 9.59 Å². The maximum atomic E-state index is 13.2. The van der Waals surface area contributed by atoms with Crippen molar-refractivity contribution in [2.75, 3.05) is 10.7 Å². The number of nitrogens with one attached hydrogen (secondary N) is 1. The van der Waals surface area contributed by atoms with Crippen LogP contribution in [0.15, 0.2) is 90.3 Å². The molecule has 2 aliphatic heterocycles. The first-order chi connectivity index (χ1) is 22.4. The molecule has 2 N–H and O–H groups in total. The molecule has 6 rings (SSSR count). The average Bonchev–Trinajstić information content (AvgIpc) is 3.63. The molecule has 3 heterocycles. The molecule has 0 radical (unpaired) electrons. The summed E-state index contributed by atoms with van der Waals surface area (Å²) in [6.07, 6.45) is 0.146. The highest BCUT2D eigenvalue weighted by Crippen LogP contribution is 2.40. The topological polar surface area (TPSA) is 145 Å². The summed E-state index contributed by atoms with van der Waals surface area (Å²) in [4.78, 5) is 39.4. The SMILES string of the molecule is Cn1cnnc1SCC1CC(c2ccc(CO)cc2)OC(c2ccc(N3C(=O)CC(NC(=O)OCc4ccccc4)C3=O)cc2)O1. The first-order valence-corrected chi connectivity index (χ1v) is 15.8. The fourth-order valence-electron chi connectivity index (χ4n) is 5.30. The van der Waals surface area contributed by atoms with Gasteiger partial charge in [0, 0.05) is 24.8 Å². The van der Waals surface area contributed by atoms with Gasteiger partial charge < -0.3 is 29.2 Å². The second kappa shape index (κ2) is 14.3. The number of nitrogens with zero attached hydrogens (tertiary/aromatic N) is 4. The highest BCUT2D eigenvalue weighted by molar-refractivity contribution is 7.99. The minimum Gasteiger partial charge on any atom is -0.445 e. The van der Waals surface area contributed by atoms with Gasteiger partial charge in [-0.2, -0.15) is 0 Å². The summed E-state index contributed by atoms with van der Waals surface area (Å²) in [5.41, 5.74) is 3.67. The summed E-state index contributed by atoms with van der Waals surface area (Å²) < 4.78 is 19.9. The molecule has 0 bridgehead atoms. The third-order valence-corrected chi connectivity index (χ3v) is 8.92. The fraction of sp³-hybridized carbons (Fsp3) is 0.303. The van der Waals surface area contributed by atoms with E-state index in [1.165, 1.54) is 0 Å². The van der Waals surface area contributed by atoms with Crippen LogP contribution in [-0.2, 0) is 44.1 Å². The molecule has 3 amide bonds. The molecule has 2 saturated heterocycles. The third-order valence-electron chi connectivity index (χ3n) is 7.76. The van der Waals surface area contributed by atoms with Gasteiger partial charge in [-0.25, -0.2) is 9.69 Å². The van der Waals surface area contributed by atoms with Crippen molar-refractivity contribution in [3.05, 3.63) is 107 Å². The lowest BCUT2D eigenvalue weighted by molar-refractivity contribution is -0.245. The van der Waals surface area contributed by atoms with Gasteiger partial charge in [-0.15, -0.1) is 10.2 Å². The Balaban J connectivity index is 1.12. The van der Waals surface area contributed by atoms with E-state index in [9.17, 15) is 19.5 Å². The van der Waals surface area contributed by atoms with Crippen molar-refractivity contribution in [1.82, 2.24) is 20.1 Å². The van der Waals surface area contributed by atoms with E-state index < -0.39 is 30.2 Å². The number of benzene rings is 3. The molecule has 238 valence electrons. The lowest BCUT2D eigenvalue weighted by Crippen LogP contribution is -2.42. The number of amides is 3. The Morgan fingerprint density at radius 2 is 1.74 bits per heavy atom. The van der Waals surface area contributed by atoms with Crippen LogP contribution < -0.4 is 10.2 Å². The number of carbonyl (C=O) groups excluding carboxylic acids is 3. The maximum absolute atomic E-state index is 13.2. The van der Waals surface area contributed by atoms with Crippen LogP contribution in [0.1, 0.15) is 47.5 Å². The number of ether oxygens (including phenoxy) is 3. The molecule has 12 nitrogen and oxygen atoms in total. The fourth-order valence-corrected chi connectivity index (χ4v) is 6.20. The molecule has 0 aliphatic carbocycles. The number of carbonyl (C=O) groups is 3. The van der Waals surface area contributed by atoms with Gasteiger partial charge in [0.05, 0.1) is 30.9 Å². The summed E-state index contributed by atoms with van der Waals surface area (Å²) >= 11 is 1.54. The van der Waals surface area contributed by atoms with Crippen LogP contribution >= 0.6 is 11.8 Å². The summed E-state index contributed by atoms with van der Waals surface area (Å²) in [6.45, 7) is 0.00460. The van der Waals surface area contributed by atoms with Gasteiger partial charge in [-0.1, -0.05) is 78.5 Å². The van der Waals surface area contributed by atoms with Crippen LogP contribution in [0, 0.1) is 0 Å². The van der Waals surface area contributed by atoms with E-state index in [4.69, 9.17) is 14.2 Å². The summed E-state index contributed by atoms with van der Waals surface area (Å²) in [5.74, 6) is -0.343. The normalized spacial score (nSPS) is 21.4. The Morgan fingerprint density at radius 1 is 1.00 bits per heavy atom. The Morgan fingerprint density at radius 3 is 2.43 bits per heavy atom. The van der Waals surface area contributed by atoms with Gasteiger partial charge in [0.15, 0.2) is 11.4 Å². The van der Waals surface area contributed by atoms with E-state index in [2.05, 4.69) is 15.5 Å². The molecule has 2 aliphatic rings. The average molecular weight is 644 g/mol. The highest BCUT2D eigenvalue weighted by atomic mass is 32.2. The zero-order chi connectivity index (χ0) is 32.0. The molecule has 1 aromatic heterocycles. The van der Waals surface area contributed by atoms with Crippen molar-refractivity contribution in [2.24, 2.45) is 7.05 Å². The number of aliphatic hydroxyl groups is 1. The number of alkyl carbamates (subject to hydrolysis) is 1. The molecular formula is C33H33N5O7S. The van der Waals surface area contributed by atoms with Crippen molar-refractivity contribution in [2.45, 2.75) is 55.8 Å². The molecule has 0 spiro atoms. The van der Waals surface area contributed by atoms with Gasteiger partial charge >= 0.3 is 6.09 Å². The van der Waals surface area contributed by atoms with Gasteiger partial charge in [0.2, 0.25) is 5.91 Å². The van der Waals surface area contributed by atoms with E-state index in [0.717, 1.165) is 26.7 Å².